The number of fused-ring (bicyclic) bond motifs is 5. The Bertz CT molecular complexity index is 722. The van der Waals surface area contributed by atoms with E-state index in [0.29, 0.717) is 24.7 Å². The van der Waals surface area contributed by atoms with Crippen molar-refractivity contribution in [2.75, 3.05) is 6.61 Å². The number of carbonyl (C=O) groups is 3. The lowest BCUT2D eigenvalue weighted by Crippen LogP contribution is -2.57. The molecule has 3 fully saturated rings. The number of hydrogen-bond donors (Lipinski definition) is 1. The first kappa shape index (κ1) is 18.1. The van der Waals surface area contributed by atoms with E-state index in [1.165, 1.54) is 5.57 Å². The van der Waals surface area contributed by atoms with Gasteiger partial charge in [0.05, 0.1) is 0 Å². The lowest BCUT2D eigenvalue weighted by molar-refractivity contribution is -0.155. The molecule has 0 bridgehead atoms. The summed E-state index contributed by atoms with van der Waals surface area (Å²) in [5.41, 5.74) is 0.0359. The second-order valence-corrected chi connectivity index (χ2v) is 9.85. The number of allylic oxidation sites excluding steroid dienone is 1. The zero-order valence-corrected chi connectivity index (χ0v) is 16.1. The number of hydrogen-bond acceptors (Lipinski definition) is 4. The SMILES string of the molecule is CC12CCC(=O)C=C1CCC1C2C(=O)CC2(C)C1CCC2(C)C(=O)CO. The normalized spacial score (nSPS) is 47.7. The van der Waals surface area contributed by atoms with Crippen molar-refractivity contribution in [1.82, 2.24) is 0 Å². The van der Waals surface area contributed by atoms with Gasteiger partial charge in [-0.2, -0.15) is 0 Å². The van der Waals surface area contributed by atoms with Crippen molar-refractivity contribution < 1.29 is 19.5 Å². The fourth-order valence-electron chi connectivity index (χ4n) is 7.25. The molecule has 0 heterocycles. The van der Waals surface area contributed by atoms with Gasteiger partial charge in [-0.15, -0.1) is 0 Å². The van der Waals surface area contributed by atoms with Crippen LogP contribution in [0.2, 0.25) is 0 Å². The number of Topliss-reactive ketones (excluding diaryl/α,β-unsaturated/α-hetero) is 2. The first-order valence-corrected chi connectivity index (χ1v) is 10.1. The maximum atomic E-state index is 13.4. The highest BCUT2D eigenvalue weighted by molar-refractivity contribution is 5.93. The Hall–Kier alpha value is -1.29. The highest BCUT2D eigenvalue weighted by Gasteiger charge is 2.66. The van der Waals surface area contributed by atoms with E-state index < -0.39 is 12.0 Å². The second kappa shape index (κ2) is 5.60. The molecule has 0 saturated heterocycles. The van der Waals surface area contributed by atoms with Gasteiger partial charge in [0.25, 0.3) is 0 Å². The maximum absolute atomic E-state index is 13.4. The molecular weight excluding hydrogens is 328 g/mol. The van der Waals surface area contributed by atoms with Gasteiger partial charge in [0.2, 0.25) is 0 Å². The molecule has 4 aliphatic carbocycles. The van der Waals surface area contributed by atoms with Gasteiger partial charge in [0.1, 0.15) is 12.4 Å². The fraction of sp³-hybridized carbons (Fsp3) is 0.773. The molecule has 0 spiro atoms. The van der Waals surface area contributed by atoms with Gasteiger partial charge in [-0.25, -0.2) is 0 Å². The summed E-state index contributed by atoms with van der Waals surface area (Å²) in [6.45, 7) is 5.84. The third-order valence-corrected chi connectivity index (χ3v) is 9.02. The van der Waals surface area contributed by atoms with Crippen molar-refractivity contribution in [3.8, 4) is 0 Å². The van der Waals surface area contributed by atoms with Crippen LogP contribution in [0.1, 0.15) is 65.7 Å². The molecule has 0 radical (unpaired) electrons. The van der Waals surface area contributed by atoms with Crippen LogP contribution >= 0.6 is 0 Å². The minimum atomic E-state index is -0.605. The van der Waals surface area contributed by atoms with Crippen molar-refractivity contribution >= 4 is 17.3 Å². The van der Waals surface area contributed by atoms with Gasteiger partial charge in [0.15, 0.2) is 11.6 Å². The van der Waals surface area contributed by atoms with E-state index in [1.807, 2.05) is 13.0 Å². The van der Waals surface area contributed by atoms with E-state index >= 15 is 0 Å². The number of aliphatic hydroxyl groups excluding tert-OH is 1. The molecule has 0 aromatic heterocycles. The molecule has 4 heteroatoms. The van der Waals surface area contributed by atoms with Gasteiger partial charge in [-0.1, -0.05) is 26.3 Å². The molecule has 26 heavy (non-hydrogen) atoms. The molecule has 1 N–H and O–H groups in total. The van der Waals surface area contributed by atoms with Gasteiger partial charge < -0.3 is 5.11 Å². The molecular formula is C22H30O4. The molecule has 6 unspecified atom stereocenters. The minimum absolute atomic E-state index is 0.0137. The van der Waals surface area contributed by atoms with Crippen molar-refractivity contribution in [2.24, 2.45) is 34.0 Å². The molecule has 142 valence electrons. The van der Waals surface area contributed by atoms with Crippen molar-refractivity contribution in [3.05, 3.63) is 11.6 Å². The van der Waals surface area contributed by atoms with E-state index in [-0.39, 0.29) is 34.1 Å². The molecule has 3 saturated carbocycles. The predicted octanol–water partition coefficient (Wildman–Crippen LogP) is 3.27. The fourth-order valence-corrected chi connectivity index (χ4v) is 7.25. The number of rotatable bonds is 2. The Balaban J connectivity index is 1.75. The van der Waals surface area contributed by atoms with Gasteiger partial charge in [-0.3, -0.25) is 14.4 Å². The quantitative estimate of drug-likeness (QED) is 0.822. The molecule has 0 amide bonds. The Morgan fingerprint density at radius 1 is 1.15 bits per heavy atom. The van der Waals surface area contributed by atoms with Gasteiger partial charge in [0, 0.05) is 24.2 Å². The third kappa shape index (κ3) is 2.08. The molecule has 4 rings (SSSR count). The van der Waals surface area contributed by atoms with Crippen LogP contribution in [-0.4, -0.2) is 29.1 Å². The van der Waals surface area contributed by atoms with Crippen LogP contribution in [0.25, 0.3) is 0 Å². The molecule has 0 aromatic carbocycles. The second-order valence-electron chi connectivity index (χ2n) is 9.85. The van der Waals surface area contributed by atoms with Crippen LogP contribution in [0, 0.1) is 34.0 Å². The highest BCUT2D eigenvalue weighted by Crippen LogP contribution is 2.69. The standard InChI is InChI=1S/C22H30O4/c1-20-8-6-14(24)10-13(20)4-5-15-16-7-9-21(2,18(26)12-23)22(16,3)11-17(25)19(15)20/h10,15-16,19,23H,4-9,11-12H2,1-3H3. The summed E-state index contributed by atoms with van der Waals surface area (Å²) in [5.74, 6) is 0.993. The summed E-state index contributed by atoms with van der Waals surface area (Å²) < 4.78 is 0. The first-order valence-electron chi connectivity index (χ1n) is 10.1. The van der Waals surface area contributed by atoms with Crippen LogP contribution in [0.5, 0.6) is 0 Å². The van der Waals surface area contributed by atoms with Crippen molar-refractivity contribution in [2.45, 2.75) is 65.7 Å². The maximum Gasteiger partial charge on any atom is 0.164 e. The summed E-state index contributed by atoms with van der Waals surface area (Å²) >= 11 is 0. The Morgan fingerprint density at radius 2 is 1.88 bits per heavy atom. The smallest absolute Gasteiger partial charge is 0.164 e. The molecule has 6 atom stereocenters. The Morgan fingerprint density at radius 3 is 2.58 bits per heavy atom. The summed E-state index contributed by atoms with van der Waals surface area (Å²) in [5, 5.41) is 9.51. The van der Waals surface area contributed by atoms with E-state index in [4.69, 9.17) is 0 Å². The Labute approximate surface area is 155 Å². The van der Waals surface area contributed by atoms with Gasteiger partial charge in [-0.05, 0) is 60.8 Å². The van der Waals surface area contributed by atoms with E-state index in [1.54, 1.807) is 0 Å². The zero-order chi connectivity index (χ0) is 18.9. The monoisotopic (exact) mass is 358 g/mol. The topological polar surface area (TPSA) is 71.4 Å². The van der Waals surface area contributed by atoms with Crippen molar-refractivity contribution in [1.29, 1.82) is 0 Å². The predicted molar refractivity (Wildman–Crippen MR) is 97.3 cm³/mol. The third-order valence-electron chi connectivity index (χ3n) is 9.02. The average molecular weight is 358 g/mol. The first-order chi connectivity index (χ1) is 12.2. The van der Waals surface area contributed by atoms with E-state index in [0.717, 1.165) is 32.1 Å². The lowest BCUT2D eigenvalue weighted by atomic mass is 9.44. The number of aliphatic hydroxyl groups is 1. The number of ketones is 3. The lowest BCUT2D eigenvalue weighted by Gasteiger charge is -2.58. The summed E-state index contributed by atoms with van der Waals surface area (Å²) in [6.07, 6.45) is 7.12. The number of carbonyl (C=O) groups excluding carboxylic acids is 3. The van der Waals surface area contributed by atoms with Gasteiger partial charge >= 0.3 is 0 Å². The van der Waals surface area contributed by atoms with Crippen LogP contribution in [0.4, 0.5) is 0 Å². The summed E-state index contributed by atoms with van der Waals surface area (Å²) in [7, 11) is 0. The molecule has 4 aliphatic rings. The van der Waals surface area contributed by atoms with Crippen LogP contribution < -0.4 is 0 Å². The average Bonchev–Trinajstić information content (AvgIpc) is 2.86. The summed E-state index contributed by atoms with van der Waals surface area (Å²) in [4.78, 5) is 37.9. The molecule has 4 nitrogen and oxygen atoms in total. The summed E-state index contributed by atoms with van der Waals surface area (Å²) in [6, 6.07) is 0. The van der Waals surface area contributed by atoms with Crippen LogP contribution in [0.15, 0.2) is 11.6 Å². The highest BCUT2D eigenvalue weighted by atomic mass is 16.3. The Kier molecular flexibility index (Phi) is 3.90. The zero-order valence-electron chi connectivity index (χ0n) is 16.1. The van der Waals surface area contributed by atoms with E-state index in [9.17, 15) is 19.5 Å². The molecule has 0 aliphatic heterocycles. The van der Waals surface area contributed by atoms with Crippen LogP contribution in [0.3, 0.4) is 0 Å². The minimum Gasteiger partial charge on any atom is -0.389 e. The molecule has 0 aromatic rings. The van der Waals surface area contributed by atoms with Crippen LogP contribution in [-0.2, 0) is 14.4 Å². The largest absolute Gasteiger partial charge is 0.389 e. The van der Waals surface area contributed by atoms with E-state index in [2.05, 4.69) is 13.8 Å². The van der Waals surface area contributed by atoms with Crippen molar-refractivity contribution in [3.63, 3.8) is 0 Å².